The average Bonchev–Trinajstić information content (AvgIpc) is 1.21. The Morgan fingerprint density at radius 3 is 1.88 bits per heavy atom. The summed E-state index contributed by atoms with van der Waals surface area (Å²) in [7, 11) is 0. The smallest absolute Gasteiger partial charge is 0.382 e. The van der Waals surface area contributed by atoms with Gasteiger partial charge in [-0.3, -0.25) is 0 Å². The van der Waals surface area contributed by atoms with Gasteiger partial charge in [0, 0.05) is 0 Å². The second-order valence-corrected chi connectivity index (χ2v) is 2.31. The van der Waals surface area contributed by atoms with Crippen LogP contribution in [-0.4, -0.2) is 16.3 Å². The Bertz CT molecular complexity index is 69.4. The first kappa shape index (κ1) is 8.23. The summed E-state index contributed by atoms with van der Waals surface area (Å²) in [4.78, 5) is 0. The predicted octanol–water partition coefficient (Wildman–Crippen LogP) is 1.65. The highest BCUT2D eigenvalue weighted by molar-refractivity contribution is 9.09. The molecule has 0 spiro atoms. The number of hydrogen-bond acceptors (Lipinski definition) is 1. The molecular weight excluding hydrogens is 189 g/mol. The molecule has 0 rings (SSSR count). The third-order valence-electron chi connectivity index (χ3n) is 0.400. The lowest BCUT2D eigenvalue weighted by molar-refractivity contribution is -0.143. The zero-order chi connectivity index (χ0) is 6.78. The van der Waals surface area contributed by atoms with Crippen LogP contribution in [0.15, 0.2) is 0 Å². The highest BCUT2D eigenvalue weighted by atomic mass is 79.9. The van der Waals surface area contributed by atoms with E-state index >= 15 is 0 Å². The number of aliphatic hydroxyl groups is 1. The van der Waals surface area contributed by atoms with E-state index in [1.54, 1.807) is 0 Å². The van der Waals surface area contributed by atoms with Gasteiger partial charge in [-0.25, -0.2) is 0 Å². The summed E-state index contributed by atoms with van der Waals surface area (Å²) in [6.45, 7) is 0. The zero-order valence-electron chi connectivity index (χ0n) is 3.74. The van der Waals surface area contributed by atoms with Crippen LogP contribution in [0.5, 0.6) is 0 Å². The zero-order valence-corrected chi connectivity index (χ0v) is 5.33. The van der Waals surface area contributed by atoms with Gasteiger partial charge in [-0.2, -0.15) is 13.2 Å². The third-order valence-corrected chi connectivity index (χ3v) is 0.724. The quantitative estimate of drug-likeness (QED) is 0.627. The first-order valence-corrected chi connectivity index (χ1v) is 2.72. The van der Waals surface area contributed by atoms with Crippen LogP contribution in [0.4, 0.5) is 13.2 Å². The van der Waals surface area contributed by atoms with E-state index in [1.807, 2.05) is 0 Å². The summed E-state index contributed by atoms with van der Waals surface area (Å²) >= 11 is 2.35. The molecule has 0 aliphatic rings. The van der Waals surface area contributed by atoms with Crippen LogP contribution >= 0.6 is 15.9 Å². The van der Waals surface area contributed by atoms with Gasteiger partial charge >= 0.3 is 6.18 Å². The number of alkyl halides is 4. The van der Waals surface area contributed by atoms with Gasteiger partial charge < -0.3 is 5.11 Å². The average molecular weight is 193 g/mol. The van der Waals surface area contributed by atoms with Crippen molar-refractivity contribution in [3.8, 4) is 0 Å². The van der Waals surface area contributed by atoms with Crippen LogP contribution in [0, 0.1) is 0 Å². The van der Waals surface area contributed by atoms with Crippen molar-refractivity contribution in [3.63, 3.8) is 0 Å². The minimum Gasteiger partial charge on any atom is -0.382 e. The molecule has 8 heavy (non-hydrogen) atoms. The Kier molecular flexibility index (Phi) is 2.76. The molecule has 0 saturated carbocycles. The molecule has 1 N–H and O–H groups in total. The topological polar surface area (TPSA) is 20.2 Å². The Hall–Kier alpha value is 0.230. The first-order valence-electron chi connectivity index (χ1n) is 1.81. The molecule has 0 aromatic heterocycles. The molecule has 5 heteroatoms. The molecule has 0 saturated heterocycles. The van der Waals surface area contributed by atoms with Crippen LogP contribution in [-0.2, 0) is 0 Å². The van der Waals surface area contributed by atoms with Crippen LogP contribution in [0.1, 0.15) is 6.42 Å². The van der Waals surface area contributed by atoms with Gasteiger partial charge in [-0.1, -0.05) is 15.9 Å². The summed E-state index contributed by atoms with van der Waals surface area (Å²) in [5.41, 5.74) is 0. The van der Waals surface area contributed by atoms with Crippen molar-refractivity contribution in [1.82, 2.24) is 0 Å². The monoisotopic (exact) mass is 192 g/mol. The van der Waals surface area contributed by atoms with E-state index in [0.29, 0.717) is 0 Å². The lowest BCUT2D eigenvalue weighted by atomic mass is 10.5. The molecule has 1 atom stereocenters. The summed E-state index contributed by atoms with van der Waals surface area (Å²) in [6, 6.07) is 0. The third kappa shape index (κ3) is 6.23. The fraction of sp³-hybridized carbons (Fsp3) is 1.00. The minimum absolute atomic E-state index is 1.20. The van der Waals surface area contributed by atoms with Gasteiger partial charge in [-0.05, 0) is 0 Å². The van der Waals surface area contributed by atoms with Crippen molar-refractivity contribution in [1.29, 1.82) is 0 Å². The van der Waals surface area contributed by atoms with Gasteiger partial charge in [0.05, 0.1) is 6.42 Å². The second kappa shape index (κ2) is 2.68. The second-order valence-electron chi connectivity index (χ2n) is 1.25. The predicted molar refractivity (Wildman–Crippen MR) is 25.6 cm³/mol. The Morgan fingerprint density at radius 1 is 1.50 bits per heavy atom. The van der Waals surface area contributed by atoms with Gasteiger partial charge in [0.2, 0.25) is 0 Å². The number of halogens is 4. The molecule has 0 aliphatic heterocycles. The van der Waals surface area contributed by atoms with E-state index in [4.69, 9.17) is 5.11 Å². The molecule has 0 aromatic rings. The van der Waals surface area contributed by atoms with Crippen LogP contribution in [0.25, 0.3) is 0 Å². The molecule has 0 radical (unpaired) electrons. The maximum atomic E-state index is 11.1. The fourth-order valence-electron chi connectivity index (χ4n) is 0.191. The van der Waals surface area contributed by atoms with Crippen LogP contribution in [0.2, 0.25) is 0 Å². The number of hydrogen-bond donors (Lipinski definition) is 1. The molecule has 0 bridgehead atoms. The number of aliphatic hydroxyl groups excluding tert-OH is 1. The largest absolute Gasteiger partial charge is 0.392 e. The molecule has 0 heterocycles. The molecular formula is C3H4BrF3O. The number of rotatable bonds is 1. The molecule has 0 amide bonds. The Balaban J connectivity index is 3.39. The maximum Gasteiger partial charge on any atom is 0.392 e. The van der Waals surface area contributed by atoms with E-state index in [9.17, 15) is 13.2 Å². The van der Waals surface area contributed by atoms with E-state index in [2.05, 4.69) is 15.9 Å². The molecule has 1 unspecified atom stereocenters. The van der Waals surface area contributed by atoms with Crippen molar-refractivity contribution in [3.05, 3.63) is 0 Å². The van der Waals surface area contributed by atoms with Gasteiger partial charge in [0.25, 0.3) is 0 Å². The van der Waals surface area contributed by atoms with Crippen molar-refractivity contribution >= 4 is 15.9 Å². The highest BCUT2D eigenvalue weighted by Crippen LogP contribution is 2.23. The molecule has 50 valence electrons. The molecule has 0 aliphatic carbocycles. The van der Waals surface area contributed by atoms with Crippen molar-refractivity contribution in [2.75, 3.05) is 0 Å². The van der Waals surface area contributed by atoms with E-state index in [0.717, 1.165) is 0 Å². The summed E-state index contributed by atoms with van der Waals surface area (Å²) < 4.78 is 33.3. The Labute approximate surface area is 52.6 Å². The van der Waals surface area contributed by atoms with Crippen LogP contribution in [0.3, 0.4) is 0 Å². The van der Waals surface area contributed by atoms with Gasteiger partial charge in [0.15, 0.2) is 0 Å². The maximum absolute atomic E-state index is 11.1. The summed E-state index contributed by atoms with van der Waals surface area (Å²) in [5.74, 6) is 0. The van der Waals surface area contributed by atoms with Gasteiger partial charge in [0.1, 0.15) is 5.01 Å². The van der Waals surface area contributed by atoms with Crippen molar-refractivity contribution in [2.24, 2.45) is 0 Å². The van der Waals surface area contributed by atoms with E-state index in [-0.39, 0.29) is 0 Å². The minimum atomic E-state index is -4.27. The fourth-order valence-corrected chi connectivity index (χ4v) is 0.558. The SMILES string of the molecule is OC(Br)CC(F)(F)F. The van der Waals surface area contributed by atoms with Crippen molar-refractivity contribution < 1.29 is 18.3 Å². The van der Waals surface area contributed by atoms with E-state index in [1.165, 1.54) is 0 Å². The first-order chi connectivity index (χ1) is 3.42. The molecule has 0 aromatic carbocycles. The highest BCUT2D eigenvalue weighted by Gasteiger charge is 2.29. The lowest BCUT2D eigenvalue weighted by Crippen LogP contribution is -2.13. The summed E-state index contributed by atoms with van der Waals surface area (Å²) in [5, 5.41) is 6.61. The normalized spacial score (nSPS) is 16.1. The molecule has 0 fully saturated rings. The van der Waals surface area contributed by atoms with Gasteiger partial charge in [-0.15, -0.1) is 0 Å². The lowest BCUT2D eigenvalue weighted by Gasteiger charge is -2.05. The summed E-state index contributed by atoms with van der Waals surface area (Å²) in [6.07, 6.45) is -5.48. The molecule has 1 nitrogen and oxygen atoms in total. The van der Waals surface area contributed by atoms with E-state index < -0.39 is 17.6 Å². The van der Waals surface area contributed by atoms with Crippen LogP contribution < -0.4 is 0 Å². The van der Waals surface area contributed by atoms with Crippen molar-refractivity contribution in [2.45, 2.75) is 17.6 Å². The Morgan fingerprint density at radius 2 is 1.88 bits per heavy atom. The standard InChI is InChI=1S/C3H4BrF3O/c4-2(8)1-3(5,6)7/h2,8H,1H2.